The van der Waals surface area contributed by atoms with E-state index in [0.29, 0.717) is 33.5 Å². The number of likely N-dealkylation sites (N-methyl/N-ethyl adjacent to an activating group) is 1. The average molecular weight is 593 g/mol. The summed E-state index contributed by atoms with van der Waals surface area (Å²) in [6, 6.07) is 7.85. The number of hydrogen-bond acceptors (Lipinski definition) is 6. The smallest absolute Gasteiger partial charge is 0.320 e. The van der Waals surface area contributed by atoms with Crippen molar-refractivity contribution in [1.29, 1.82) is 0 Å². The van der Waals surface area contributed by atoms with Gasteiger partial charge in [0.15, 0.2) is 11.4 Å². The Labute approximate surface area is 224 Å². The lowest BCUT2D eigenvalue weighted by Gasteiger charge is -2.21. The zero-order valence-electron chi connectivity index (χ0n) is 19.1. The normalized spacial score (nSPS) is 10.8. The first-order valence-electron chi connectivity index (χ1n) is 10.6. The van der Waals surface area contributed by atoms with Gasteiger partial charge in [0.25, 0.3) is 0 Å². The molecular weight excluding hydrogens is 573 g/mol. The number of hydrogen-bond donors (Lipinski definition) is 2. The molecule has 13 heteroatoms. The lowest BCUT2D eigenvalue weighted by molar-refractivity contribution is -0.117. The number of anilines is 2. The Kier molecular flexibility index (Phi) is 7.92. The quantitative estimate of drug-likeness (QED) is 0.317. The molecule has 36 heavy (non-hydrogen) atoms. The third-order valence-corrected chi connectivity index (χ3v) is 6.94. The lowest BCUT2D eigenvalue weighted by atomic mass is 10.2. The molecule has 186 valence electrons. The number of fused-ring (bicyclic) bond motifs is 1. The molecule has 0 radical (unpaired) electrons. The fraction of sp³-hybridized carbons (Fsp3) is 0.174. The molecule has 1 aromatic carbocycles. The van der Waals surface area contributed by atoms with E-state index >= 15 is 0 Å². The molecule has 0 aliphatic carbocycles. The van der Waals surface area contributed by atoms with Gasteiger partial charge in [0, 0.05) is 30.0 Å². The molecule has 0 fully saturated rings. The number of aromatic nitrogens is 4. The van der Waals surface area contributed by atoms with E-state index in [9.17, 15) is 9.59 Å². The minimum atomic E-state index is -0.582. The van der Waals surface area contributed by atoms with Crippen LogP contribution in [0.15, 0.2) is 53.7 Å². The van der Waals surface area contributed by atoms with E-state index in [4.69, 9.17) is 27.9 Å². The molecular formula is C23H20BrCl2N7O3. The van der Waals surface area contributed by atoms with Crippen LogP contribution in [-0.2, 0) is 11.4 Å². The average Bonchev–Trinajstić information content (AvgIpc) is 3.16. The van der Waals surface area contributed by atoms with Crippen LogP contribution >= 0.6 is 39.1 Å². The number of benzene rings is 1. The van der Waals surface area contributed by atoms with E-state index in [2.05, 4.69) is 41.5 Å². The zero-order chi connectivity index (χ0) is 25.8. The fourth-order valence-corrected chi connectivity index (χ4v) is 4.28. The SMILES string of the molecule is Cc1nc2c(OCc3c(Cl)ccc(N(C)C(=O)CNC(=O)Nc4ccncn4)c3Cl)cccn2c1Br. The van der Waals surface area contributed by atoms with Gasteiger partial charge in [0.2, 0.25) is 5.91 Å². The third-order valence-electron chi connectivity index (χ3n) is 5.21. The van der Waals surface area contributed by atoms with Gasteiger partial charge < -0.3 is 15.0 Å². The van der Waals surface area contributed by atoms with Crippen molar-refractivity contribution in [2.45, 2.75) is 13.5 Å². The summed E-state index contributed by atoms with van der Waals surface area (Å²) >= 11 is 16.6. The van der Waals surface area contributed by atoms with Crippen LogP contribution in [0.3, 0.4) is 0 Å². The number of ether oxygens (including phenoxy) is 1. The molecule has 0 bridgehead atoms. The molecule has 0 atom stereocenters. The number of amides is 3. The Bertz CT molecular complexity index is 1430. The number of nitrogens with zero attached hydrogens (tertiary/aromatic N) is 5. The second-order valence-electron chi connectivity index (χ2n) is 7.56. The van der Waals surface area contributed by atoms with E-state index in [0.717, 1.165) is 10.3 Å². The van der Waals surface area contributed by atoms with Gasteiger partial charge in [-0.2, -0.15) is 0 Å². The summed E-state index contributed by atoms with van der Waals surface area (Å²) in [6.45, 7) is 1.67. The molecule has 0 spiro atoms. The molecule has 2 N–H and O–H groups in total. The van der Waals surface area contributed by atoms with Crippen molar-refractivity contribution >= 4 is 68.2 Å². The van der Waals surface area contributed by atoms with E-state index < -0.39 is 11.9 Å². The predicted octanol–water partition coefficient (Wildman–Crippen LogP) is 4.87. The molecule has 3 aromatic heterocycles. The third kappa shape index (κ3) is 5.53. The van der Waals surface area contributed by atoms with Crippen LogP contribution in [0.2, 0.25) is 10.0 Å². The van der Waals surface area contributed by atoms with Crippen LogP contribution < -0.4 is 20.3 Å². The van der Waals surface area contributed by atoms with E-state index in [-0.39, 0.29) is 18.2 Å². The van der Waals surface area contributed by atoms with Crippen LogP contribution in [0.25, 0.3) is 5.65 Å². The van der Waals surface area contributed by atoms with Gasteiger partial charge in [0.1, 0.15) is 23.4 Å². The van der Waals surface area contributed by atoms with Crippen molar-refractivity contribution in [3.05, 3.63) is 75.0 Å². The van der Waals surface area contributed by atoms with Crippen molar-refractivity contribution in [2.24, 2.45) is 0 Å². The van der Waals surface area contributed by atoms with Gasteiger partial charge in [-0.05, 0) is 53.2 Å². The minimum Gasteiger partial charge on any atom is -0.485 e. The summed E-state index contributed by atoms with van der Waals surface area (Å²) in [5.74, 6) is 0.459. The topological polar surface area (TPSA) is 114 Å². The highest BCUT2D eigenvalue weighted by molar-refractivity contribution is 9.10. The first kappa shape index (κ1) is 25.7. The standard InChI is InChI=1S/C23H20BrCl2N7O3/c1-13-21(24)33-9-3-4-17(22(33)30-13)36-11-14-15(25)5-6-16(20(14)26)32(2)19(34)10-28-23(35)31-18-7-8-27-12-29-18/h3-9,12H,10-11H2,1-2H3,(H2,27,28,29,31,35). The van der Waals surface area contributed by atoms with Crippen molar-refractivity contribution in [3.63, 3.8) is 0 Å². The highest BCUT2D eigenvalue weighted by atomic mass is 79.9. The molecule has 10 nitrogen and oxygen atoms in total. The summed E-state index contributed by atoms with van der Waals surface area (Å²) in [4.78, 5) is 38.3. The molecule has 3 amide bonds. The van der Waals surface area contributed by atoms with Crippen LogP contribution in [0.4, 0.5) is 16.3 Å². The summed E-state index contributed by atoms with van der Waals surface area (Å²) in [6.07, 6.45) is 4.66. The largest absolute Gasteiger partial charge is 0.485 e. The number of nitrogens with one attached hydrogen (secondary N) is 2. The number of urea groups is 1. The summed E-state index contributed by atoms with van der Waals surface area (Å²) < 4.78 is 8.71. The van der Waals surface area contributed by atoms with E-state index in [1.807, 2.05) is 23.6 Å². The van der Waals surface area contributed by atoms with Gasteiger partial charge >= 0.3 is 6.03 Å². The first-order valence-corrected chi connectivity index (χ1v) is 12.1. The van der Waals surface area contributed by atoms with Crippen molar-refractivity contribution in [2.75, 3.05) is 23.8 Å². The Morgan fingerprint density at radius 3 is 2.78 bits per heavy atom. The monoisotopic (exact) mass is 591 g/mol. The van der Waals surface area contributed by atoms with Crippen molar-refractivity contribution in [1.82, 2.24) is 24.7 Å². The number of carbonyl (C=O) groups is 2. The fourth-order valence-electron chi connectivity index (χ4n) is 3.30. The number of imidazole rings is 1. The second-order valence-corrected chi connectivity index (χ2v) is 9.09. The predicted molar refractivity (Wildman–Crippen MR) is 141 cm³/mol. The molecule has 4 aromatic rings. The van der Waals surface area contributed by atoms with Crippen LogP contribution in [0.5, 0.6) is 5.75 Å². The van der Waals surface area contributed by atoms with Crippen LogP contribution in [-0.4, -0.2) is 44.9 Å². The van der Waals surface area contributed by atoms with Gasteiger partial charge in [-0.15, -0.1) is 0 Å². The maximum absolute atomic E-state index is 12.7. The van der Waals surface area contributed by atoms with Gasteiger partial charge in [-0.3, -0.25) is 14.5 Å². The second kappa shape index (κ2) is 11.1. The van der Waals surface area contributed by atoms with E-state index in [1.165, 1.54) is 23.5 Å². The van der Waals surface area contributed by atoms with Gasteiger partial charge in [-0.1, -0.05) is 23.2 Å². The van der Waals surface area contributed by atoms with Gasteiger partial charge in [0.05, 0.1) is 22.9 Å². The summed E-state index contributed by atoms with van der Waals surface area (Å²) in [5, 5.41) is 5.65. The van der Waals surface area contributed by atoms with Crippen LogP contribution in [0, 0.1) is 6.92 Å². The Hall–Kier alpha value is -3.41. The van der Waals surface area contributed by atoms with Gasteiger partial charge in [-0.25, -0.2) is 19.7 Å². The Balaban J connectivity index is 1.44. The Morgan fingerprint density at radius 1 is 1.22 bits per heavy atom. The number of carbonyl (C=O) groups excluding carboxylic acids is 2. The highest BCUT2D eigenvalue weighted by Crippen LogP contribution is 2.35. The number of aryl methyl sites for hydroxylation is 1. The molecule has 0 unspecified atom stereocenters. The van der Waals surface area contributed by atoms with Crippen molar-refractivity contribution in [3.8, 4) is 5.75 Å². The molecule has 0 saturated carbocycles. The maximum atomic E-state index is 12.7. The molecule has 4 rings (SSSR count). The molecule has 0 aliphatic heterocycles. The van der Waals surface area contributed by atoms with Crippen molar-refractivity contribution < 1.29 is 14.3 Å². The minimum absolute atomic E-state index is 0.0519. The highest BCUT2D eigenvalue weighted by Gasteiger charge is 2.20. The Morgan fingerprint density at radius 2 is 2.03 bits per heavy atom. The summed E-state index contributed by atoms with van der Waals surface area (Å²) in [7, 11) is 1.55. The van der Waals surface area contributed by atoms with E-state index in [1.54, 1.807) is 25.2 Å². The molecule has 3 heterocycles. The lowest BCUT2D eigenvalue weighted by Crippen LogP contribution is -2.40. The molecule has 0 saturated heterocycles. The van der Waals surface area contributed by atoms with Crippen LogP contribution in [0.1, 0.15) is 11.3 Å². The number of halogens is 3. The first-order chi connectivity index (χ1) is 17.3. The molecule has 0 aliphatic rings. The number of rotatable bonds is 7. The summed E-state index contributed by atoms with van der Waals surface area (Å²) in [5.41, 5.74) is 2.39. The maximum Gasteiger partial charge on any atom is 0.320 e. The number of pyridine rings is 1. The zero-order valence-corrected chi connectivity index (χ0v) is 22.2.